The lowest BCUT2D eigenvalue weighted by Gasteiger charge is -2.12. The molecule has 0 saturated carbocycles. The highest BCUT2D eigenvalue weighted by Gasteiger charge is 2.48. The second kappa shape index (κ2) is 9.85. The summed E-state index contributed by atoms with van der Waals surface area (Å²) in [7, 11) is -5.75. The van der Waals surface area contributed by atoms with Gasteiger partial charge in [0, 0.05) is 16.5 Å². The molecule has 0 spiro atoms. The van der Waals surface area contributed by atoms with E-state index in [1.807, 2.05) is 5.43 Å². The van der Waals surface area contributed by atoms with Gasteiger partial charge in [0.1, 0.15) is 5.75 Å². The van der Waals surface area contributed by atoms with E-state index in [9.17, 15) is 31.2 Å². The van der Waals surface area contributed by atoms with E-state index in [0.29, 0.717) is 17.2 Å². The zero-order chi connectivity index (χ0) is 24.1. The van der Waals surface area contributed by atoms with Crippen molar-refractivity contribution in [2.45, 2.75) is 5.51 Å². The van der Waals surface area contributed by atoms with Crippen LogP contribution in [0.3, 0.4) is 0 Å². The predicted molar refractivity (Wildman–Crippen MR) is 110 cm³/mol. The standard InChI is InChI=1S/C12H7F3O4S.C7H7ClN2O2/c13-12(14,15)20(17,18)19-11-6-5-8(7-16)9-3-1-2-4-10(9)11;8-5-3-4(7(12)10-9)1-2-6(5)11/h1-7H;1-3,11H,9H2,(H,10,12). The maximum absolute atomic E-state index is 12.3. The van der Waals surface area contributed by atoms with Gasteiger partial charge >= 0.3 is 15.6 Å². The van der Waals surface area contributed by atoms with Gasteiger partial charge in [0.05, 0.1) is 5.02 Å². The summed E-state index contributed by atoms with van der Waals surface area (Å²) in [6.07, 6.45) is 0.518. The fourth-order valence-electron chi connectivity index (χ4n) is 2.37. The van der Waals surface area contributed by atoms with E-state index < -0.39 is 27.3 Å². The van der Waals surface area contributed by atoms with Crippen LogP contribution in [-0.2, 0) is 10.1 Å². The van der Waals surface area contributed by atoms with Crippen molar-refractivity contribution in [2.24, 2.45) is 5.84 Å². The van der Waals surface area contributed by atoms with Crippen LogP contribution < -0.4 is 15.5 Å². The summed E-state index contributed by atoms with van der Waals surface area (Å²) >= 11 is 5.54. The molecule has 13 heteroatoms. The number of hydrogen-bond donors (Lipinski definition) is 3. The molecule has 8 nitrogen and oxygen atoms in total. The number of phenolic OH excluding ortho intramolecular Hbond substituents is 1. The minimum absolute atomic E-state index is 0.0646. The Morgan fingerprint density at radius 2 is 1.72 bits per heavy atom. The van der Waals surface area contributed by atoms with Crippen LogP contribution in [0.5, 0.6) is 11.5 Å². The minimum atomic E-state index is -5.75. The number of carbonyl (C=O) groups excluding carboxylic acids is 2. The summed E-state index contributed by atoms with van der Waals surface area (Å²) in [6, 6.07) is 12.2. The van der Waals surface area contributed by atoms with Crippen molar-refractivity contribution in [3.63, 3.8) is 0 Å². The molecule has 3 aromatic rings. The Bertz CT molecular complexity index is 1270. The Morgan fingerprint density at radius 1 is 1.09 bits per heavy atom. The number of hydrazine groups is 1. The van der Waals surface area contributed by atoms with Crippen molar-refractivity contribution < 1.29 is 40.5 Å². The second-order valence-corrected chi connectivity index (χ2v) is 7.88. The Labute approximate surface area is 184 Å². The van der Waals surface area contributed by atoms with Gasteiger partial charge in [0.2, 0.25) is 0 Å². The number of rotatable bonds is 4. The van der Waals surface area contributed by atoms with Crippen molar-refractivity contribution in [3.8, 4) is 11.5 Å². The number of alkyl halides is 3. The number of amides is 1. The average molecular weight is 491 g/mol. The van der Waals surface area contributed by atoms with E-state index in [1.165, 1.54) is 42.5 Å². The molecule has 0 heterocycles. The molecule has 0 bridgehead atoms. The molecule has 0 saturated heterocycles. The number of fused-ring (bicyclic) bond motifs is 1. The van der Waals surface area contributed by atoms with Crippen LogP contribution in [0.1, 0.15) is 20.7 Å². The lowest BCUT2D eigenvalue weighted by Crippen LogP contribution is -2.29. The monoisotopic (exact) mass is 490 g/mol. The molecule has 170 valence electrons. The molecule has 0 fully saturated rings. The van der Waals surface area contributed by atoms with E-state index in [4.69, 9.17) is 22.6 Å². The fraction of sp³-hybridized carbons (Fsp3) is 0.0526. The maximum atomic E-state index is 12.3. The molecule has 0 aliphatic rings. The van der Waals surface area contributed by atoms with E-state index in [0.717, 1.165) is 6.07 Å². The van der Waals surface area contributed by atoms with Crippen molar-refractivity contribution in [3.05, 3.63) is 70.7 Å². The predicted octanol–water partition coefficient (Wildman–Crippen LogP) is 3.53. The first-order valence-corrected chi connectivity index (χ1v) is 10.2. The number of hydrogen-bond acceptors (Lipinski definition) is 7. The third-order valence-corrected chi connectivity index (χ3v) is 5.14. The highest BCUT2D eigenvalue weighted by molar-refractivity contribution is 7.88. The molecule has 32 heavy (non-hydrogen) atoms. The summed E-state index contributed by atoms with van der Waals surface area (Å²) in [5.74, 6) is 3.89. The third kappa shape index (κ3) is 5.66. The van der Waals surface area contributed by atoms with Crippen LogP contribution in [0.4, 0.5) is 13.2 Å². The number of phenols is 1. The molecule has 1 amide bonds. The molecule has 3 aromatic carbocycles. The first kappa shape index (κ1) is 24.9. The van der Waals surface area contributed by atoms with Crippen LogP contribution in [0.25, 0.3) is 10.8 Å². The Hall–Kier alpha value is -3.35. The SMILES string of the molecule is NNC(=O)c1ccc(O)c(Cl)c1.O=Cc1ccc(OS(=O)(=O)C(F)(F)F)c2ccccc12. The van der Waals surface area contributed by atoms with Crippen LogP contribution >= 0.6 is 11.6 Å². The third-order valence-electron chi connectivity index (χ3n) is 3.87. The van der Waals surface area contributed by atoms with Gasteiger partial charge in [-0.2, -0.15) is 21.6 Å². The van der Waals surface area contributed by atoms with Gasteiger partial charge < -0.3 is 9.29 Å². The topological polar surface area (TPSA) is 136 Å². The Balaban J connectivity index is 0.000000258. The number of carbonyl (C=O) groups is 2. The van der Waals surface area contributed by atoms with E-state index in [1.54, 1.807) is 6.07 Å². The average Bonchev–Trinajstić information content (AvgIpc) is 2.75. The summed E-state index contributed by atoms with van der Waals surface area (Å²) in [6.45, 7) is 0. The highest BCUT2D eigenvalue weighted by Crippen LogP contribution is 2.32. The molecule has 0 unspecified atom stereocenters. The van der Waals surface area contributed by atoms with Gasteiger partial charge in [0.25, 0.3) is 5.91 Å². The summed E-state index contributed by atoms with van der Waals surface area (Å²) < 4.78 is 63.0. The number of nitrogens with two attached hydrogens (primary N) is 1. The largest absolute Gasteiger partial charge is 0.534 e. The lowest BCUT2D eigenvalue weighted by molar-refractivity contribution is -0.0499. The molecular formula is C19H14ClF3N2O6S. The Morgan fingerprint density at radius 3 is 2.25 bits per heavy atom. The van der Waals surface area contributed by atoms with Crippen LogP contribution in [0.2, 0.25) is 5.02 Å². The van der Waals surface area contributed by atoms with Crippen LogP contribution in [0, 0.1) is 0 Å². The van der Waals surface area contributed by atoms with E-state index in [-0.39, 0.29) is 21.7 Å². The second-order valence-electron chi connectivity index (χ2n) is 5.94. The van der Waals surface area contributed by atoms with Crippen molar-refractivity contribution in [1.82, 2.24) is 5.43 Å². The molecule has 0 aliphatic heterocycles. The van der Waals surface area contributed by atoms with Crippen LogP contribution in [-0.4, -0.2) is 31.2 Å². The van der Waals surface area contributed by atoms with E-state index in [2.05, 4.69) is 4.18 Å². The maximum Gasteiger partial charge on any atom is 0.534 e. The van der Waals surface area contributed by atoms with Gasteiger partial charge in [-0.15, -0.1) is 0 Å². The molecule has 0 atom stereocenters. The number of aromatic hydroxyl groups is 1. The number of nitrogen functional groups attached to an aromatic ring is 1. The molecular weight excluding hydrogens is 477 g/mol. The van der Waals surface area contributed by atoms with Gasteiger partial charge in [0.15, 0.2) is 12.0 Å². The van der Waals surface area contributed by atoms with Gasteiger partial charge in [-0.05, 0) is 35.7 Å². The summed E-state index contributed by atoms with van der Waals surface area (Å²) in [5, 5.41) is 9.53. The normalized spacial score (nSPS) is 11.3. The van der Waals surface area contributed by atoms with E-state index >= 15 is 0 Å². The lowest BCUT2D eigenvalue weighted by atomic mass is 10.0. The Kier molecular flexibility index (Phi) is 7.67. The molecule has 0 aromatic heterocycles. The number of benzene rings is 3. The zero-order valence-electron chi connectivity index (χ0n) is 15.8. The fourth-order valence-corrected chi connectivity index (χ4v) is 3.02. The van der Waals surface area contributed by atoms with Crippen molar-refractivity contribution in [1.29, 1.82) is 0 Å². The van der Waals surface area contributed by atoms with Gasteiger partial charge in [-0.1, -0.05) is 35.9 Å². The minimum Gasteiger partial charge on any atom is -0.506 e. The number of nitrogens with one attached hydrogen (secondary N) is 1. The molecule has 0 radical (unpaired) electrons. The smallest absolute Gasteiger partial charge is 0.506 e. The van der Waals surface area contributed by atoms with Crippen molar-refractivity contribution in [2.75, 3.05) is 0 Å². The first-order valence-electron chi connectivity index (χ1n) is 8.38. The molecule has 4 N–H and O–H groups in total. The number of aldehydes is 1. The zero-order valence-corrected chi connectivity index (χ0v) is 17.3. The molecule has 3 rings (SSSR count). The number of halogens is 4. The van der Waals surface area contributed by atoms with Crippen LogP contribution in [0.15, 0.2) is 54.6 Å². The highest BCUT2D eigenvalue weighted by atomic mass is 35.5. The quantitative estimate of drug-likeness (QED) is 0.127. The summed E-state index contributed by atoms with van der Waals surface area (Å²) in [5.41, 5.74) is -3.04. The molecule has 0 aliphatic carbocycles. The van der Waals surface area contributed by atoms with Gasteiger partial charge in [-0.3, -0.25) is 15.0 Å². The van der Waals surface area contributed by atoms with Crippen molar-refractivity contribution >= 4 is 44.7 Å². The van der Waals surface area contributed by atoms with Gasteiger partial charge in [-0.25, -0.2) is 5.84 Å². The first-order chi connectivity index (χ1) is 14.9. The summed E-state index contributed by atoms with van der Waals surface area (Å²) in [4.78, 5) is 21.7.